The molecule has 1 rings (SSSR count). The quantitative estimate of drug-likeness (QED) is 0.679. The maximum Gasteiger partial charge on any atom is 0.319 e. The van der Waals surface area contributed by atoms with Crippen LogP contribution in [-0.4, -0.2) is 42.0 Å². The van der Waals surface area contributed by atoms with Crippen molar-refractivity contribution in [1.82, 2.24) is 9.80 Å². The average molecular weight is 198 g/mol. The Morgan fingerprint density at radius 1 is 1.43 bits per heavy atom. The van der Waals surface area contributed by atoms with E-state index < -0.39 is 0 Å². The number of hydrogen-bond acceptors (Lipinski definition) is 1. The minimum Gasteiger partial charge on any atom is -0.328 e. The van der Waals surface area contributed by atoms with Gasteiger partial charge in [0.1, 0.15) is 0 Å². The summed E-state index contributed by atoms with van der Waals surface area (Å²) >= 11 is 0. The second-order valence-corrected chi connectivity index (χ2v) is 4.49. The monoisotopic (exact) mass is 198 g/mol. The van der Waals surface area contributed by atoms with Crippen molar-refractivity contribution in [3.63, 3.8) is 0 Å². The van der Waals surface area contributed by atoms with Crippen molar-refractivity contribution >= 4 is 6.03 Å². The van der Waals surface area contributed by atoms with Crippen LogP contribution < -0.4 is 0 Å². The molecule has 0 radical (unpaired) electrons. The summed E-state index contributed by atoms with van der Waals surface area (Å²) in [7, 11) is 1.87. The highest BCUT2D eigenvalue weighted by Crippen LogP contribution is 2.30. The van der Waals surface area contributed by atoms with Crippen molar-refractivity contribution < 1.29 is 4.79 Å². The van der Waals surface area contributed by atoms with Gasteiger partial charge in [0, 0.05) is 26.2 Å². The second kappa shape index (κ2) is 4.67. The third kappa shape index (κ3) is 2.89. The number of amides is 2. The number of rotatable bonds is 4. The summed E-state index contributed by atoms with van der Waals surface area (Å²) < 4.78 is 0. The van der Waals surface area contributed by atoms with Crippen molar-refractivity contribution in [2.45, 2.75) is 39.7 Å². The molecule has 0 unspecified atom stereocenters. The third-order valence-electron chi connectivity index (χ3n) is 2.82. The van der Waals surface area contributed by atoms with Crippen molar-refractivity contribution in [3.8, 4) is 0 Å². The molecule has 0 N–H and O–H groups in total. The van der Waals surface area contributed by atoms with E-state index in [4.69, 9.17) is 0 Å². The van der Waals surface area contributed by atoms with Crippen LogP contribution in [0.1, 0.15) is 33.6 Å². The Kier molecular flexibility index (Phi) is 3.78. The molecule has 3 nitrogen and oxygen atoms in total. The fourth-order valence-electron chi connectivity index (χ4n) is 1.44. The first-order chi connectivity index (χ1) is 6.56. The van der Waals surface area contributed by atoms with E-state index in [1.807, 2.05) is 18.9 Å². The first-order valence-electron chi connectivity index (χ1n) is 5.58. The highest BCUT2D eigenvalue weighted by molar-refractivity contribution is 5.74. The zero-order valence-electron chi connectivity index (χ0n) is 9.79. The minimum absolute atomic E-state index is 0.175. The van der Waals surface area contributed by atoms with Gasteiger partial charge in [0.25, 0.3) is 0 Å². The molecular formula is C11H22N2O. The number of nitrogens with zero attached hydrogens (tertiary/aromatic N) is 2. The van der Waals surface area contributed by atoms with E-state index in [0.29, 0.717) is 6.04 Å². The van der Waals surface area contributed by atoms with Gasteiger partial charge in [-0.25, -0.2) is 4.79 Å². The molecule has 0 bridgehead atoms. The van der Waals surface area contributed by atoms with Crippen LogP contribution in [0.3, 0.4) is 0 Å². The molecule has 82 valence electrons. The van der Waals surface area contributed by atoms with Crippen molar-refractivity contribution in [2.24, 2.45) is 5.92 Å². The summed E-state index contributed by atoms with van der Waals surface area (Å²) in [6.07, 6.45) is 2.60. The van der Waals surface area contributed by atoms with Gasteiger partial charge in [-0.3, -0.25) is 0 Å². The zero-order chi connectivity index (χ0) is 10.7. The minimum atomic E-state index is 0.175. The van der Waals surface area contributed by atoms with Gasteiger partial charge in [-0.2, -0.15) is 0 Å². The smallest absolute Gasteiger partial charge is 0.319 e. The Morgan fingerprint density at radius 2 is 2.00 bits per heavy atom. The van der Waals surface area contributed by atoms with Crippen LogP contribution in [0, 0.1) is 5.92 Å². The number of carbonyl (C=O) groups excluding carboxylic acids is 1. The van der Waals surface area contributed by atoms with E-state index in [2.05, 4.69) is 13.8 Å². The summed E-state index contributed by atoms with van der Waals surface area (Å²) in [5.41, 5.74) is 0. The maximum atomic E-state index is 11.9. The van der Waals surface area contributed by atoms with Crippen molar-refractivity contribution in [1.29, 1.82) is 0 Å². The molecule has 0 heterocycles. The van der Waals surface area contributed by atoms with Crippen LogP contribution >= 0.6 is 0 Å². The Labute approximate surface area is 87.1 Å². The van der Waals surface area contributed by atoms with E-state index >= 15 is 0 Å². The Morgan fingerprint density at radius 3 is 2.36 bits per heavy atom. The standard InChI is InChI=1S/C11H22N2O/c1-5-12(4)11(14)13(9(2)3)8-10-6-7-10/h9-10H,5-8H2,1-4H3. The molecule has 1 saturated carbocycles. The maximum absolute atomic E-state index is 11.9. The van der Waals surface area contributed by atoms with Gasteiger partial charge >= 0.3 is 6.03 Å². The first kappa shape index (κ1) is 11.3. The van der Waals surface area contributed by atoms with Gasteiger partial charge in [0.15, 0.2) is 0 Å². The molecule has 3 heteroatoms. The molecule has 0 atom stereocenters. The van der Waals surface area contributed by atoms with Gasteiger partial charge < -0.3 is 9.80 Å². The lowest BCUT2D eigenvalue weighted by Gasteiger charge is -2.30. The fraction of sp³-hybridized carbons (Fsp3) is 0.909. The number of hydrogen-bond donors (Lipinski definition) is 0. The van der Waals surface area contributed by atoms with Crippen LogP contribution in [0.25, 0.3) is 0 Å². The topological polar surface area (TPSA) is 23.6 Å². The van der Waals surface area contributed by atoms with Crippen LogP contribution in [0.5, 0.6) is 0 Å². The molecule has 1 aliphatic rings. The van der Waals surface area contributed by atoms with E-state index in [0.717, 1.165) is 19.0 Å². The van der Waals surface area contributed by atoms with Crippen LogP contribution in [-0.2, 0) is 0 Å². The predicted octanol–water partition coefficient (Wildman–Crippen LogP) is 2.18. The number of carbonyl (C=O) groups is 1. The van der Waals surface area contributed by atoms with E-state index in [1.54, 1.807) is 4.90 Å². The summed E-state index contributed by atoms with van der Waals surface area (Å²) in [5.74, 6) is 0.770. The van der Waals surface area contributed by atoms with Crippen molar-refractivity contribution in [2.75, 3.05) is 20.1 Å². The normalized spacial score (nSPS) is 15.8. The molecule has 1 fully saturated rings. The molecule has 1 aliphatic carbocycles. The first-order valence-corrected chi connectivity index (χ1v) is 5.58. The van der Waals surface area contributed by atoms with Gasteiger partial charge in [-0.05, 0) is 39.5 Å². The molecule has 0 aromatic rings. The molecule has 2 amide bonds. The lowest BCUT2D eigenvalue weighted by molar-refractivity contribution is 0.148. The van der Waals surface area contributed by atoms with Crippen LogP contribution in [0.2, 0.25) is 0 Å². The van der Waals surface area contributed by atoms with E-state index in [-0.39, 0.29) is 6.03 Å². The summed E-state index contributed by atoms with van der Waals surface area (Å²) in [6, 6.07) is 0.492. The highest BCUT2D eigenvalue weighted by Gasteiger charge is 2.29. The molecule has 0 aromatic heterocycles. The largest absolute Gasteiger partial charge is 0.328 e. The molecular weight excluding hydrogens is 176 g/mol. The van der Waals surface area contributed by atoms with Gasteiger partial charge in [0.2, 0.25) is 0 Å². The highest BCUT2D eigenvalue weighted by atomic mass is 16.2. The summed E-state index contributed by atoms with van der Waals surface area (Å²) in [6.45, 7) is 7.91. The Balaban J connectivity index is 2.51. The molecule has 0 aromatic carbocycles. The zero-order valence-corrected chi connectivity index (χ0v) is 9.79. The van der Waals surface area contributed by atoms with E-state index in [9.17, 15) is 4.79 Å². The number of urea groups is 1. The van der Waals surface area contributed by atoms with Gasteiger partial charge in [-0.15, -0.1) is 0 Å². The Hall–Kier alpha value is -0.730. The average Bonchev–Trinajstić information content (AvgIpc) is 2.95. The fourth-order valence-corrected chi connectivity index (χ4v) is 1.44. The third-order valence-corrected chi connectivity index (χ3v) is 2.82. The SMILES string of the molecule is CCN(C)C(=O)N(CC1CC1)C(C)C. The lowest BCUT2D eigenvalue weighted by atomic mass is 10.3. The molecule has 0 aliphatic heterocycles. The van der Waals surface area contributed by atoms with Crippen LogP contribution in [0.15, 0.2) is 0 Å². The van der Waals surface area contributed by atoms with Crippen molar-refractivity contribution in [3.05, 3.63) is 0 Å². The molecule has 14 heavy (non-hydrogen) atoms. The molecule has 0 saturated heterocycles. The predicted molar refractivity (Wildman–Crippen MR) is 58.3 cm³/mol. The summed E-state index contributed by atoms with van der Waals surface area (Å²) in [4.78, 5) is 15.7. The van der Waals surface area contributed by atoms with Gasteiger partial charge in [0.05, 0.1) is 0 Å². The summed E-state index contributed by atoms with van der Waals surface area (Å²) in [5, 5.41) is 0. The molecule has 0 spiro atoms. The lowest BCUT2D eigenvalue weighted by Crippen LogP contribution is -2.45. The van der Waals surface area contributed by atoms with E-state index in [1.165, 1.54) is 12.8 Å². The second-order valence-electron chi connectivity index (χ2n) is 4.49. The Bertz CT molecular complexity index is 199. The van der Waals surface area contributed by atoms with Gasteiger partial charge in [-0.1, -0.05) is 0 Å². The van der Waals surface area contributed by atoms with Crippen LogP contribution in [0.4, 0.5) is 4.79 Å².